The Morgan fingerprint density at radius 2 is 2.14 bits per heavy atom. The average molecular weight is 200 g/mol. The van der Waals surface area contributed by atoms with E-state index in [1.807, 2.05) is 6.92 Å². The molecular weight excluding hydrogens is 184 g/mol. The van der Waals surface area contributed by atoms with Crippen LogP contribution in [0.25, 0.3) is 0 Å². The standard InChI is InChI=1S/C9H16N2O3/c1-8-3-6(12)9(2,5-10-4-8)11(8)7(13)14/h6,10,12H,3-5H2,1-2H3,(H,13,14). The van der Waals surface area contributed by atoms with Crippen molar-refractivity contribution in [3.63, 3.8) is 0 Å². The number of rotatable bonds is 0. The van der Waals surface area contributed by atoms with Crippen molar-refractivity contribution in [2.24, 2.45) is 0 Å². The molecule has 0 spiro atoms. The van der Waals surface area contributed by atoms with E-state index in [2.05, 4.69) is 5.32 Å². The number of hydrogen-bond acceptors (Lipinski definition) is 3. The minimum atomic E-state index is -0.937. The van der Waals surface area contributed by atoms with E-state index < -0.39 is 23.3 Å². The van der Waals surface area contributed by atoms with E-state index in [-0.39, 0.29) is 0 Å². The molecule has 2 aliphatic rings. The zero-order chi connectivity index (χ0) is 10.6. The van der Waals surface area contributed by atoms with E-state index >= 15 is 0 Å². The number of carbonyl (C=O) groups is 1. The lowest BCUT2D eigenvalue weighted by Crippen LogP contribution is -2.67. The predicted molar refractivity (Wildman–Crippen MR) is 50.2 cm³/mol. The normalized spacial score (nSPS) is 46.8. The number of piperazine rings is 1. The van der Waals surface area contributed by atoms with Crippen LogP contribution in [0.15, 0.2) is 0 Å². The van der Waals surface area contributed by atoms with Gasteiger partial charge >= 0.3 is 6.09 Å². The monoisotopic (exact) mass is 200 g/mol. The summed E-state index contributed by atoms with van der Waals surface area (Å²) in [5, 5.41) is 22.2. The third kappa shape index (κ3) is 0.994. The molecule has 3 N–H and O–H groups in total. The van der Waals surface area contributed by atoms with Crippen LogP contribution < -0.4 is 5.32 Å². The lowest BCUT2D eigenvalue weighted by atomic mass is 9.96. The minimum absolute atomic E-state index is 0.460. The van der Waals surface area contributed by atoms with Crippen LogP contribution in [0.2, 0.25) is 0 Å². The first-order valence-electron chi connectivity index (χ1n) is 4.82. The Kier molecular flexibility index (Phi) is 1.81. The van der Waals surface area contributed by atoms with Crippen LogP contribution in [0.5, 0.6) is 0 Å². The summed E-state index contributed by atoms with van der Waals surface area (Å²) in [6.45, 7) is 4.81. The van der Waals surface area contributed by atoms with Gasteiger partial charge in [-0.2, -0.15) is 0 Å². The fourth-order valence-corrected chi connectivity index (χ4v) is 2.88. The number of aliphatic hydroxyl groups is 1. The SMILES string of the molecule is CC12CNCC(C)(C(O)C1)N2C(=O)O. The summed E-state index contributed by atoms with van der Waals surface area (Å²) in [6, 6.07) is 0. The summed E-state index contributed by atoms with van der Waals surface area (Å²) in [7, 11) is 0. The summed E-state index contributed by atoms with van der Waals surface area (Å²) in [5.41, 5.74) is -1.13. The van der Waals surface area contributed by atoms with Gasteiger partial charge in [-0.05, 0) is 13.8 Å². The first-order chi connectivity index (χ1) is 6.40. The third-order valence-electron chi connectivity index (χ3n) is 3.58. The zero-order valence-corrected chi connectivity index (χ0v) is 8.45. The van der Waals surface area contributed by atoms with E-state index in [1.165, 1.54) is 4.90 Å². The van der Waals surface area contributed by atoms with Crippen LogP contribution in [0.3, 0.4) is 0 Å². The van der Waals surface area contributed by atoms with Gasteiger partial charge in [-0.25, -0.2) is 4.79 Å². The molecule has 0 saturated carbocycles. The van der Waals surface area contributed by atoms with Gasteiger partial charge in [0.1, 0.15) is 0 Å². The Labute approximate surface area is 82.7 Å². The molecule has 14 heavy (non-hydrogen) atoms. The lowest BCUT2D eigenvalue weighted by Gasteiger charge is -2.46. The second kappa shape index (κ2) is 2.61. The number of nitrogens with one attached hydrogen (secondary N) is 1. The van der Waals surface area contributed by atoms with Crippen molar-refractivity contribution >= 4 is 6.09 Å². The Balaban J connectivity index is 2.43. The number of aliphatic hydroxyl groups excluding tert-OH is 1. The maximum absolute atomic E-state index is 11.2. The zero-order valence-electron chi connectivity index (χ0n) is 8.45. The summed E-state index contributed by atoms with van der Waals surface area (Å²) in [4.78, 5) is 12.6. The maximum atomic E-state index is 11.2. The third-order valence-corrected chi connectivity index (χ3v) is 3.58. The molecule has 2 fully saturated rings. The molecule has 2 heterocycles. The Hall–Kier alpha value is -0.810. The van der Waals surface area contributed by atoms with Crippen LogP contribution in [-0.4, -0.2) is 51.5 Å². The molecule has 3 atom stereocenters. The van der Waals surface area contributed by atoms with E-state index in [0.717, 1.165) is 0 Å². The molecule has 1 amide bonds. The van der Waals surface area contributed by atoms with Crippen molar-refractivity contribution in [3.8, 4) is 0 Å². The Morgan fingerprint density at radius 3 is 2.57 bits per heavy atom. The summed E-state index contributed by atoms with van der Waals surface area (Å²) >= 11 is 0. The van der Waals surface area contributed by atoms with Crippen LogP contribution in [-0.2, 0) is 0 Å². The molecule has 2 rings (SSSR count). The second-order valence-electron chi connectivity index (χ2n) is 4.80. The summed E-state index contributed by atoms with van der Waals surface area (Å²) in [5.74, 6) is 0. The molecule has 0 aromatic carbocycles. The number of fused-ring (bicyclic) bond motifs is 2. The van der Waals surface area contributed by atoms with E-state index in [0.29, 0.717) is 19.5 Å². The molecule has 0 aromatic heterocycles. The van der Waals surface area contributed by atoms with E-state index in [9.17, 15) is 9.90 Å². The number of carboxylic acid groups (broad SMARTS) is 1. The smallest absolute Gasteiger partial charge is 0.408 e. The van der Waals surface area contributed by atoms with Gasteiger partial charge in [0.15, 0.2) is 0 Å². The summed E-state index contributed by atoms with van der Waals surface area (Å²) in [6.07, 6.45) is -0.991. The number of nitrogens with zero attached hydrogens (tertiary/aromatic N) is 1. The second-order valence-corrected chi connectivity index (χ2v) is 4.80. The highest BCUT2D eigenvalue weighted by Gasteiger charge is 2.60. The topological polar surface area (TPSA) is 72.8 Å². The maximum Gasteiger partial charge on any atom is 0.408 e. The molecule has 3 unspecified atom stereocenters. The first kappa shape index (κ1) is 9.73. The molecule has 2 saturated heterocycles. The molecule has 2 bridgehead atoms. The quantitative estimate of drug-likeness (QED) is 0.508. The van der Waals surface area contributed by atoms with Gasteiger partial charge in [0, 0.05) is 19.5 Å². The average Bonchev–Trinajstić information content (AvgIpc) is 2.12. The largest absolute Gasteiger partial charge is 0.465 e. The number of hydrogen-bond donors (Lipinski definition) is 3. The van der Waals surface area contributed by atoms with Gasteiger partial charge in [-0.1, -0.05) is 0 Å². The molecule has 5 nitrogen and oxygen atoms in total. The highest BCUT2D eigenvalue weighted by Crippen LogP contribution is 2.43. The lowest BCUT2D eigenvalue weighted by molar-refractivity contribution is 0.00169. The van der Waals surface area contributed by atoms with Gasteiger partial charge in [-0.3, -0.25) is 4.90 Å². The predicted octanol–water partition coefficient (Wildman–Crippen LogP) is -0.148. The van der Waals surface area contributed by atoms with Crippen LogP contribution in [0.1, 0.15) is 20.3 Å². The minimum Gasteiger partial charge on any atom is -0.465 e. The number of amides is 1. The molecular formula is C9H16N2O3. The fourth-order valence-electron chi connectivity index (χ4n) is 2.88. The molecule has 0 aromatic rings. The van der Waals surface area contributed by atoms with Crippen LogP contribution in [0, 0.1) is 0 Å². The van der Waals surface area contributed by atoms with Gasteiger partial charge in [0.25, 0.3) is 0 Å². The van der Waals surface area contributed by atoms with Crippen LogP contribution in [0.4, 0.5) is 4.79 Å². The van der Waals surface area contributed by atoms with Crippen molar-refractivity contribution in [2.45, 2.75) is 37.5 Å². The van der Waals surface area contributed by atoms with Gasteiger partial charge in [-0.15, -0.1) is 0 Å². The highest BCUT2D eigenvalue weighted by molar-refractivity contribution is 5.69. The van der Waals surface area contributed by atoms with Gasteiger partial charge in [0.05, 0.1) is 17.2 Å². The first-order valence-corrected chi connectivity index (χ1v) is 4.82. The fraction of sp³-hybridized carbons (Fsp3) is 0.889. The summed E-state index contributed by atoms with van der Waals surface area (Å²) < 4.78 is 0. The van der Waals surface area contributed by atoms with Gasteiger partial charge in [0.2, 0.25) is 0 Å². The van der Waals surface area contributed by atoms with Crippen molar-refractivity contribution in [1.82, 2.24) is 10.2 Å². The van der Waals surface area contributed by atoms with E-state index in [4.69, 9.17) is 5.11 Å². The molecule has 2 aliphatic heterocycles. The molecule has 0 radical (unpaired) electrons. The van der Waals surface area contributed by atoms with Crippen molar-refractivity contribution < 1.29 is 15.0 Å². The Morgan fingerprint density at radius 1 is 1.50 bits per heavy atom. The highest BCUT2D eigenvalue weighted by atomic mass is 16.4. The molecule has 80 valence electrons. The Bertz CT molecular complexity index is 283. The van der Waals surface area contributed by atoms with E-state index in [1.54, 1.807) is 6.92 Å². The molecule has 5 heteroatoms. The van der Waals surface area contributed by atoms with Crippen molar-refractivity contribution in [2.75, 3.05) is 13.1 Å². The van der Waals surface area contributed by atoms with Crippen molar-refractivity contribution in [3.05, 3.63) is 0 Å². The van der Waals surface area contributed by atoms with Crippen molar-refractivity contribution in [1.29, 1.82) is 0 Å². The van der Waals surface area contributed by atoms with Crippen LogP contribution >= 0.6 is 0 Å². The van der Waals surface area contributed by atoms with Gasteiger partial charge < -0.3 is 15.5 Å². The molecule has 0 aliphatic carbocycles.